The molecule has 0 heterocycles. The Morgan fingerprint density at radius 3 is 2.76 bits per heavy atom. The Morgan fingerprint density at radius 1 is 1.35 bits per heavy atom. The van der Waals surface area contributed by atoms with Gasteiger partial charge in [0.15, 0.2) is 0 Å². The van der Waals surface area contributed by atoms with Gasteiger partial charge in [0.25, 0.3) is 0 Å². The Balaban J connectivity index is 2.57. The van der Waals surface area contributed by atoms with Gasteiger partial charge in [0.2, 0.25) is 0 Å². The smallest absolute Gasteiger partial charge is 0.126 e. The average molecular weight is 243 g/mol. The van der Waals surface area contributed by atoms with Crippen LogP contribution in [0.25, 0.3) is 0 Å². The number of ether oxygens (including phenoxy) is 1. The minimum atomic E-state index is -0.395. The maximum atomic E-state index is 13.4. The summed E-state index contributed by atoms with van der Waals surface area (Å²) in [5, 5.41) is 3.11. The predicted molar refractivity (Wildman–Crippen MR) is 64.0 cm³/mol. The Labute approximate surface area is 101 Å². The van der Waals surface area contributed by atoms with E-state index < -0.39 is 5.82 Å². The largest absolute Gasteiger partial charge is 0.385 e. The lowest BCUT2D eigenvalue weighted by Crippen LogP contribution is -2.28. The van der Waals surface area contributed by atoms with Gasteiger partial charge in [0.1, 0.15) is 11.6 Å². The number of benzene rings is 1. The van der Waals surface area contributed by atoms with Crippen molar-refractivity contribution in [3.05, 3.63) is 35.4 Å². The molecule has 96 valence electrons. The van der Waals surface area contributed by atoms with Crippen LogP contribution in [0.15, 0.2) is 18.2 Å². The molecule has 0 aliphatic carbocycles. The molecular weight excluding hydrogens is 224 g/mol. The molecule has 0 aliphatic rings. The summed E-state index contributed by atoms with van der Waals surface area (Å²) in [4.78, 5) is 0. The van der Waals surface area contributed by atoms with E-state index in [1.54, 1.807) is 7.11 Å². The first-order chi connectivity index (χ1) is 8.17. The number of nitrogens with one attached hydrogen (secondary N) is 1. The number of halogens is 2. The molecule has 0 spiro atoms. The van der Waals surface area contributed by atoms with E-state index >= 15 is 0 Å². The van der Waals surface area contributed by atoms with Crippen molar-refractivity contribution in [2.75, 3.05) is 20.8 Å². The van der Waals surface area contributed by atoms with Gasteiger partial charge in [0, 0.05) is 19.8 Å². The maximum Gasteiger partial charge on any atom is 0.126 e. The molecule has 1 unspecified atom stereocenters. The normalized spacial score (nSPS) is 12.7. The molecule has 1 N–H and O–H groups in total. The van der Waals surface area contributed by atoms with Crippen molar-refractivity contribution in [2.45, 2.75) is 25.3 Å². The van der Waals surface area contributed by atoms with E-state index in [0.717, 1.165) is 18.9 Å². The standard InChI is InChI=1S/C13H19F2NO/c1-16-12(4-3-7-17-2)9-10-8-11(14)5-6-13(10)15/h5-6,8,12,16H,3-4,7,9H2,1-2H3. The molecule has 4 heteroatoms. The zero-order valence-corrected chi connectivity index (χ0v) is 10.3. The fourth-order valence-electron chi connectivity index (χ4n) is 1.79. The van der Waals surface area contributed by atoms with Gasteiger partial charge in [-0.05, 0) is 50.1 Å². The second-order valence-corrected chi connectivity index (χ2v) is 4.06. The number of methoxy groups -OCH3 is 1. The molecule has 0 saturated heterocycles. The highest BCUT2D eigenvalue weighted by Gasteiger charge is 2.11. The van der Waals surface area contributed by atoms with Gasteiger partial charge < -0.3 is 10.1 Å². The second kappa shape index (κ2) is 7.35. The molecule has 1 rings (SSSR count). The van der Waals surface area contributed by atoms with E-state index in [0.29, 0.717) is 18.6 Å². The summed E-state index contributed by atoms with van der Waals surface area (Å²) < 4.78 is 31.4. The van der Waals surface area contributed by atoms with E-state index in [9.17, 15) is 8.78 Å². The first kappa shape index (κ1) is 14.1. The van der Waals surface area contributed by atoms with E-state index in [1.165, 1.54) is 12.1 Å². The monoisotopic (exact) mass is 243 g/mol. The summed E-state index contributed by atoms with van der Waals surface area (Å²) in [6.07, 6.45) is 2.27. The lowest BCUT2D eigenvalue weighted by Gasteiger charge is -2.16. The van der Waals surface area contributed by atoms with Gasteiger partial charge >= 0.3 is 0 Å². The van der Waals surface area contributed by atoms with Gasteiger partial charge in [-0.25, -0.2) is 8.78 Å². The van der Waals surface area contributed by atoms with Crippen LogP contribution in [0.1, 0.15) is 18.4 Å². The van der Waals surface area contributed by atoms with Crippen molar-refractivity contribution >= 4 is 0 Å². The highest BCUT2D eigenvalue weighted by Crippen LogP contribution is 2.13. The third-order valence-electron chi connectivity index (χ3n) is 2.78. The Morgan fingerprint density at radius 2 is 2.12 bits per heavy atom. The molecule has 0 aromatic heterocycles. The fourth-order valence-corrected chi connectivity index (χ4v) is 1.79. The van der Waals surface area contributed by atoms with Crippen molar-refractivity contribution in [3.8, 4) is 0 Å². The molecule has 0 saturated carbocycles. The summed E-state index contributed by atoms with van der Waals surface area (Å²) in [5.41, 5.74) is 0.418. The molecule has 1 aromatic rings. The Kier molecular flexibility index (Phi) is 6.08. The van der Waals surface area contributed by atoms with Crippen LogP contribution in [0, 0.1) is 11.6 Å². The first-order valence-corrected chi connectivity index (χ1v) is 5.77. The lowest BCUT2D eigenvalue weighted by molar-refractivity contribution is 0.189. The Bertz CT molecular complexity index is 344. The number of hydrogen-bond donors (Lipinski definition) is 1. The average Bonchev–Trinajstić information content (AvgIpc) is 2.32. The van der Waals surface area contributed by atoms with Crippen LogP contribution in [0.5, 0.6) is 0 Å². The third kappa shape index (κ3) is 4.79. The van der Waals surface area contributed by atoms with E-state index in [4.69, 9.17) is 4.74 Å². The number of rotatable bonds is 7. The van der Waals surface area contributed by atoms with Gasteiger partial charge in [-0.2, -0.15) is 0 Å². The highest BCUT2D eigenvalue weighted by atomic mass is 19.1. The van der Waals surface area contributed by atoms with E-state index in [1.807, 2.05) is 7.05 Å². The van der Waals surface area contributed by atoms with E-state index in [-0.39, 0.29) is 11.9 Å². The van der Waals surface area contributed by atoms with Crippen LogP contribution in [-0.4, -0.2) is 26.8 Å². The van der Waals surface area contributed by atoms with Crippen LogP contribution < -0.4 is 5.32 Å². The highest BCUT2D eigenvalue weighted by molar-refractivity contribution is 5.19. The van der Waals surface area contributed by atoms with Crippen molar-refractivity contribution in [3.63, 3.8) is 0 Å². The van der Waals surface area contributed by atoms with Crippen molar-refractivity contribution in [1.29, 1.82) is 0 Å². The van der Waals surface area contributed by atoms with E-state index in [2.05, 4.69) is 5.32 Å². The molecule has 0 radical (unpaired) electrons. The molecule has 0 fully saturated rings. The molecule has 17 heavy (non-hydrogen) atoms. The number of likely N-dealkylation sites (N-methyl/N-ethyl adjacent to an activating group) is 1. The fraction of sp³-hybridized carbons (Fsp3) is 0.538. The first-order valence-electron chi connectivity index (χ1n) is 5.77. The summed E-state index contributed by atoms with van der Waals surface area (Å²) in [6, 6.07) is 3.71. The molecule has 1 aromatic carbocycles. The predicted octanol–water partition coefficient (Wildman–Crippen LogP) is 2.52. The quantitative estimate of drug-likeness (QED) is 0.743. The van der Waals surface area contributed by atoms with Crippen molar-refractivity contribution in [1.82, 2.24) is 5.32 Å². The Hall–Kier alpha value is -1.00. The van der Waals surface area contributed by atoms with Crippen LogP contribution in [0.4, 0.5) is 8.78 Å². The third-order valence-corrected chi connectivity index (χ3v) is 2.78. The second-order valence-electron chi connectivity index (χ2n) is 4.06. The zero-order valence-electron chi connectivity index (χ0n) is 10.3. The van der Waals surface area contributed by atoms with Crippen LogP contribution in [0.2, 0.25) is 0 Å². The molecular formula is C13H19F2NO. The van der Waals surface area contributed by atoms with Gasteiger partial charge in [-0.1, -0.05) is 0 Å². The zero-order chi connectivity index (χ0) is 12.7. The molecule has 2 nitrogen and oxygen atoms in total. The minimum absolute atomic E-state index is 0.140. The van der Waals surface area contributed by atoms with Crippen LogP contribution in [-0.2, 0) is 11.2 Å². The van der Waals surface area contributed by atoms with Gasteiger partial charge in [-0.15, -0.1) is 0 Å². The summed E-state index contributed by atoms with van der Waals surface area (Å²) >= 11 is 0. The van der Waals surface area contributed by atoms with Gasteiger partial charge in [0.05, 0.1) is 0 Å². The maximum absolute atomic E-state index is 13.4. The van der Waals surface area contributed by atoms with Crippen molar-refractivity contribution in [2.24, 2.45) is 0 Å². The topological polar surface area (TPSA) is 21.3 Å². The summed E-state index contributed by atoms with van der Waals surface area (Å²) in [5.74, 6) is -0.744. The van der Waals surface area contributed by atoms with Gasteiger partial charge in [-0.3, -0.25) is 0 Å². The molecule has 1 atom stereocenters. The van der Waals surface area contributed by atoms with Crippen LogP contribution >= 0.6 is 0 Å². The summed E-state index contributed by atoms with van der Waals surface area (Å²) in [6.45, 7) is 0.684. The molecule has 0 amide bonds. The summed E-state index contributed by atoms with van der Waals surface area (Å²) in [7, 11) is 3.48. The molecule has 0 aliphatic heterocycles. The minimum Gasteiger partial charge on any atom is -0.385 e. The molecule has 0 bridgehead atoms. The lowest BCUT2D eigenvalue weighted by atomic mass is 10.0. The van der Waals surface area contributed by atoms with Crippen molar-refractivity contribution < 1.29 is 13.5 Å². The van der Waals surface area contributed by atoms with Crippen LogP contribution in [0.3, 0.4) is 0 Å². The number of hydrogen-bond acceptors (Lipinski definition) is 2. The SMILES string of the molecule is CNC(CCCOC)Cc1cc(F)ccc1F.